The van der Waals surface area contributed by atoms with E-state index >= 15 is 0 Å². The van der Waals surface area contributed by atoms with Gasteiger partial charge in [-0.25, -0.2) is 16.8 Å². The van der Waals surface area contributed by atoms with E-state index in [1.165, 1.54) is 0 Å². The van der Waals surface area contributed by atoms with Crippen LogP contribution in [0.5, 0.6) is 0 Å². The summed E-state index contributed by atoms with van der Waals surface area (Å²) in [5, 5.41) is 0. The first-order valence-corrected chi connectivity index (χ1v) is 15.3. The van der Waals surface area contributed by atoms with Crippen LogP contribution in [0.1, 0.15) is 25.7 Å². The van der Waals surface area contributed by atoms with Gasteiger partial charge in [-0.1, -0.05) is 0 Å². The summed E-state index contributed by atoms with van der Waals surface area (Å²) in [7, 11) is -6.27. The molecule has 0 bridgehead atoms. The van der Waals surface area contributed by atoms with Crippen molar-refractivity contribution in [3.63, 3.8) is 0 Å². The van der Waals surface area contributed by atoms with E-state index in [0.717, 1.165) is 33.6 Å². The number of hydrogen-bond acceptors (Lipinski definition) is 6. The quantitative estimate of drug-likeness (QED) is 0.452. The number of rotatable bonds is 1. The van der Waals surface area contributed by atoms with Crippen LogP contribution >= 0.6 is 0 Å². The molecule has 0 spiro atoms. The smallest absolute Gasteiger partial charge is 0.108 e. The van der Waals surface area contributed by atoms with E-state index in [1.54, 1.807) is 48.7 Å². The van der Waals surface area contributed by atoms with E-state index in [1.807, 2.05) is 0 Å². The maximum absolute atomic E-state index is 9.08. The summed E-state index contributed by atoms with van der Waals surface area (Å²) in [5.41, 5.74) is 0. The van der Waals surface area contributed by atoms with E-state index in [0.29, 0.717) is 12.5 Å². The molecular weight excluding hydrogens is 392 g/mol. The van der Waals surface area contributed by atoms with Crippen LogP contribution in [0, 0.1) is 11.8 Å². The molecule has 0 aromatic carbocycles. The zero-order valence-corrected chi connectivity index (χ0v) is 18.2. The van der Waals surface area contributed by atoms with Crippen molar-refractivity contribution in [3.8, 4) is 0 Å². The monoisotopic (exact) mass is 422 g/mol. The largest absolute Gasteiger partial charge is 0.748 e. The van der Waals surface area contributed by atoms with Gasteiger partial charge in [0.2, 0.25) is 0 Å². The molecule has 0 atom stereocenters. The molecule has 0 unspecified atom stereocenters. The molecule has 0 N–H and O–H groups in total. The molecule has 0 aromatic rings. The fraction of sp³-hybridized carbons (Fsp3) is 1.00. The third-order valence-electron chi connectivity index (χ3n) is 4.02. The van der Waals surface area contributed by atoms with Gasteiger partial charge < -0.3 is 9.11 Å². The second-order valence-corrected chi connectivity index (χ2v) is 14.0. The Balaban J connectivity index is 0.000000442. The van der Waals surface area contributed by atoms with Crippen molar-refractivity contribution in [2.45, 2.75) is 25.7 Å². The summed E-state index contributed by atoms with van der Waals surface area (Å²) in [6.45, 7) is 0. The van der Waals surface area contributed by atoms with E-state index in [9.17, 15) is 0 Å². The molecule has 0 aromatic heterocycles. The summed E-state index contributed by atoms with van der Waals surface area (Å²) >= 11 is 0. The Kier molecular flexibility index (Phi) is 11.5. The van der Waals surface area contributed by atoms with Crippen LogP contribution in [0.4, 0.5) is 0 Å². The summed E-state index contributed by atoms with van der Waals surface area (Å²) in [6, 6.07) is 0. The minimum Gasteiger partial charge on any atom is -0.748 e. The Morgan fingerprint density at radius 3 is 1.00 bits per heavy atom. The maximum atomic E-state index is 9.08. The first kappa shape index (κ1) is 24.5. The molecule has 146 valence electrons. The van der Waals surface area contributed by atoms with Gasteiger partial charge in [0.05, 0.1) is 32.7 Å². The second-order valence-electron chi connectivity index (χ2n) is 6.46. The molecule has 2 fully saturated rings. The molecule has 24 heavy (non-hydrogen) atoms. The van der Waals surface area contributed by atoms with Crippen LogP contribution in [-0.2, 0) is 42.0 Å². The summed E-state index contributed by atoms with van der Waals surface area (Å²) in [5.74, 6) is 8.41. The van der Waals surface area contributed by atoms with Gasteiger partial charge >= 0.3 is 0 Å². The fourth-order valence-corrected chi connectivity index (χ4v) is 6.07. The van der Waals surface area contributed by atoms with Crippen LogP contribution in [0.15, 0.2) is 0 Å². The Morgan fingerprint density at radius 1 is 0.667 bits per heavy atom. The normalized spacial score (nSPS) is 31.1. The molecule has 2 saturated heterocycles. The lowest BCUT2D eigenvalue weighted by Gasteiger charge is -2.31. The van der Waals surface area contributed by atoms with Crippen molar-refractivity contribution >= 4 is 42.0 Å². The van der Waals surface area contributed by atoms with E-state index in [-0.39, 0.29) is 0 Å². The molecular formula is C14H30O6S4. The highest BCUT2D eigenvalue weighted by molar-refractivity contribution is 7.96. The van der Waals surface area contributed by atoms with Crippen molar-refractivity contribution in [2.75, 3.05) is 48.0 Å². The third kappa shape index (κ3) is 17.3. The highest BCUT2D eigenvalue weighted by Crippen LogP contribution is 2.33. The van der Waals surface area contributed by atoms with Crippen molar-refractivity contribution < 1.29 is 25.9 Å². The van der Waals surface area contributed by atoms with Crippen LogP contribution < -0.4 is 0 Å². The van der Waals surface area contributed by atoms with Crippen LogP contribution in [0.2, 0.25) is 0 Å². The topological polar surface area (TPSA) is 114 Å². The Hall–Kier alpha value is 0.520. The van der Waals surface area contributed by atoms with E-state index in [2.05, 4.69) is 12.5 Å². The lowest BCUT2D eigenvalue weighted by molar-refractivity contribution is 0.292. The molecule has 2 aliphatic rings. The summed E-state index contributed by atoms with van der Waals surface area (Å²) < 4.78 is 54.5. The van der Waals surface area contributed by atoms with Crippen molar-refractivity contribution in [1.29, 1.82) is 0 Å². The molecule has 6 nitrogen and oxygen atoms in total. The minimum absolute atomic E-state index is 0.604. The molecule has 0 aliphatic carbocycles. The average Bonchev–Trinajstić information content (AvgIpc) is 2.37. The highest BCUT2D eigenvalue weighted by atomic mass is 32.2. The molecule has 2 heterocycles. The minimum atomic E-state index is -3.92. The molecule has 0 saturated carbocycles. The SMILES string of the molecule is CS(=O)(=O)[O-].CS(=O)(=O)[O-].C[S+]1CCC(C2CC[S+](C)CC2)CC1. The summed E-state index contributed by atoms with van der Waals surface area (Å²) in [4.78, 5) is 0. The third-order valence-corrected chi connectivity index (χ3v) is 7.75. The lowest BCUT2D eigenvalue weighted by atomic mass is 9.83. The van der Waals surface area contributed by atoms with Gasteiger partial charge in [-0.05, 0) is 59.3 Å². The summed E-state index contributed by atoms with van der Waals surface area (Å²) in [6.07, 6.45) is 12.4. The zero-order chi connectivity index (χ0) is 19.0. The predicted octanol–water partition coefficient (Wildman–Crippen LogP) is 0.625. The van der Waals surface area contributed by atoms with Crippen LogP contribution in [0.3, 0.4) is 0 Å². The first-order chi connectivity index (χ1) is 10.8. The van der Waals surface area contributed by atoms with Gasteiger partial charge in [0.1, 0.15) is 23.0 Å². The average molecular weight is 423 g/mol. The van der Waals surface area contributed by atoms with Gasteiger partial charge in [0.15, 0.2) is 0 Å². The van der Waals surface area contributed by atoms with Crippen molar-refractivity contribution in [2.24, 2.45) is 11.8 Å². The molecule has 10 heteroatoms. The Morgan fingerprint density at radius 2 is 0.833 bits per heavy atom. The number of hydrogen-bond donors (Lipinski definition) is 0. The van der Waals surface area contributed by atoms with Gasteiger partial charge in [-0.15, -0.1) is 0 Å². The van der Waals surface area contributed by atoms with Crippen LogP contribution in [0.25, 0.3) is 0 Å². The van der Waals surface area contributed by atoms with Crippen LogP contribution in [-0.4, -0.2) is 74.0 Å². The fourth-order valence-electron chi connectivity index (χ4n) is 2.85. The van der Waals surface area contributed by atoms with Crippen molar-refractivity contribution in [1.82, 2.24) is 0 Å². The van der Waals surface area contributed by atoms with E-state index < -0.39 is 20.2 Å². The van der Waals surface area contributed by atoms with E-state index in [4.69, 9.17) is 25.9 Å². The Labute approximate surface area is 153 Å². The molecule has 2 aliphatic heterocycles. The highest BCUT2D eigenvalue weighted by Gasteiger charge is 2.34. The molecule has 0 radical (unpaired) electrons. The Bertz CT molecular complexity index is 464. The van der Waals surface area contributed by atoms with Crippen molar-refractivity contribution in [3.05, 3.63) is 0 Å². The van der Waals surface area contributed by atoms with Gasteiger partial charge in [-0.2, -0.15) is 0 Å². The van der Waals surface area contributed by atoms with Gasteiger partial charge in [0.25, 0.3) is 0 Å². The standard InChI is InChI=1S/C12H24S2.2CH4O3S/c1-13-7-3-11(4-8-13)12-5-9-14(2)10-6-12;2*1-5(2,3)4/h11-12H,3-10H2,1-2H3;2*1H3,(H,2,3,4)/q+2;;/p-2. The molecule has 2 rings (SSSR count). The second kappa shape index (κ2) is 11.3. The van der Waals surface area contributed by atoms with Gasteiger partial charge in [0, 0.05) is 12.5 Å². The maximum Gasteiger partial charge on any atom is 0.108 e. The van der Waals surface area contributed by atoms with Gasteiger partial charge in [-0.3, -0.25) is 0 Å². The molecule has 0 amide bonds. The first-order valence-electron chi connectivity index (χ1n) is 7.75. The lowest BCUT2D eigenvalue weighted by Crippen LogP contribution is -2.32. The zero-order valence-electron chi connectivity index (χ0n) is 14.9. The predicted molar refractivity (Wildman–Crippen MR) is 103 cm³/mol.